The number of thioether (sulfide) groups is 1. The number of nitrogens with zero attached hydrogens (tertiary/aromatic N) is 2. The molecule has 0 bridgehead atoms. The van der Waals surface area contributed by atoms with Gasteiger partial charge in [-0.1, -0.05) is 17.8 Å². The summed E-state index contributed by atoms with van der Waals surface area (Å²) in [5, 5.41) is 20.6. The van der Waals surface area contributed by atoms with Crippen LogP contribution in [-0.2, 0) is 4.79 Å². The summed E-state index contributed by atoms with van der Waals surface area (Å²) >= 11 is 1.29. The highest BCUT2D eigenvalue weighted by Gasteiger charge is 2.16. The number of benzene rings is 1. The zero-order valence-corrected chi connectivity index (χ0v) is 11.1. The van der Waals surface area contributed by atoms with Crippen molar-refractivity contribution >= 4 is 29.1 Å². The minimum absolute atomic E-state index is 0.0245. The SMILES string of the molecule is CCOc1cccc(C=NN=C2NC(=O)CS2)c1O. The van der Waals surface area contributed by atoms with Crippen LogP contribution in [0.4, 0.5) is 0 Å². The molecule has 1 heterocycles. The number of amides is 1. The molecule has 0 radical (unpaired) electrons. The van der Waals surface area contributed by atoms with E-state index in [1.807, 2.05) is 6.92 Å². The van der Waals surface area contributed by atoms with Crippen molar-refractivity contribution in [3.63, 3.8) is 0 Å². The minimum atomic E-state index is -0.0832. The third-order valence-electron chi connectivity index (χ3n) is 2.26. The Morgan fingerprint density at radius 1 is 1.58 bits per heavy atom. The van der Waals surface area contributed by atoms with Crippen molar-refractivity contribution in [3.05, 3.63) is 23.8 Å². The maximum Gasteiger partial charge on any atom is 0.236 e. The Morgan fingerprint density at radius 2 is 2.42 bits per heavy atom. The normalized spacial score (nSPS) is 17.1. The number of para-hydroxylation sites is 1. The van der Waals surface area contributed by atoms with Crippen LogP contribution in [0.2, 0.25) is 0 Å². The fourth-order valence-corrected chi connectivity index (χ4v) is 2.07. The Labute approximate surface area is 114 Å². The van der Waals surface area contributed by atoms with Crippen LogP contribution < -0.4 is 10.1 Å². The molecule has 1 fully saturated rings. The van der Waals surface area contributed by atoms with Crippen molar-refractivity contribution in [2.75, 3.05) is 12.4 Å². The van der Waals surface area contributed by atoms with E-state index in [2.05, 4.69) is 15.5 Å². The quantitative estimate of drug-likeness (QED) is 0.643. The molecule has 0 unspecified atom stereocenters. The van der Waals surface area contributed by atoms with Crippen LogP contribution in [0.3, 0.4) is 0 Å². The van der Waals surface area contributed by atoms with Crippen LogP contribution in [0, 0.1) is 0 Å². The van der Waals surface area contributed by atoms with E-state index in [0.717, 1.165) is 0 Å². The van der Waals surface area contributed by atoms with Crippen LogP contribution in [0.1, 0.15) is 12.5 Å². The Kier molecular flexibility index (Phi) is 4.40. The van der Waals surface area contributed by atoms with Crippen LogP contribution in [-0.4, -0.2) is 34.8 Å². The third-order valence-corrected chi connectivity index (χ3v) is 3.13. The lowest BCUT2D eigenvalue weighted by Gasteiger charge is -2.06. The number of hydrogen-bond acceptors (Lipinski definition) is 6. The average Bonchev–Trinajstić information content (AvgIpc) is 2.80. The lowest BCUT2D eigenvalue weighted by molar-refractivity contribution is -0.116. The Morgan fingerprint density at radius 3 is 3.11 bits per heavy atom. The predicted molar refractivity (Wildman–Crippen MR) is 74.9 cm³/mol. The Bertz CT molecular complexity index is 543. The van der Waals surface area contributed by atoms with E-state index < -0.39 is 0 Å². The fraction of sp³-hybridized carbons (Fsp3) is 0.250. The van der Waals surface area contributed by atoms with Crippen molar-refractivity contribution < 1.29 is 14.6 Å². The molecule has 1 aliphatic rings. The second-order valence-electron chi connectivity index (χ2n) is 3.61. The van der Waals surface area contributed by atoms with Crippen LogP contribution in [0.5, 0.6) is 11.5 Å². The number of carbonyl (C=O) groups is 1. The number of carbonyl (C=O) groups excluding carboxylic acids is 1. The summed E-state index contributed by atoms with van der Waals surface area (Å²) in [4.78, 5) is 10.9. The van der Waals surface area contributed by atoms with Gasteiger partial charge in [0.15, 0.2) is 16.7 Å². The lowest BCUT2D eigenvalue weighted by atomic mass is 10.2. The molecule has 7 heteroatoms. The minimum Gasteiger partial charge on any atom is -0.504 e. The molecule has 1 aromatic rings. The molecule has 1 amide bonds. The number of hydrogen-bond donors (Lipinski definition) is 2. The van der Waals surface area contributed by atoms with Gasteiger partial charge in [0.2, 0.25) is 5.91 Å². The second-order valence-corrected chi connectivity index (χ2v) is 4.58. The largest absolute Gasteiger partial charge is 0.504 e. The number of aromatic hydroxyl groups is 1. The first-order valence-electron chi connectivity index (χ1n) is 5.69. The first kappa shape index (κ1) is 13.4. The van der Waals surface area contributed by atoms with Gasteiger partial charge < -0.3 is 15.2 Å². The van der Waals surface area contributed by atoms with E-state index in [-0.39, 0.29) is 11.7 Å². The van der Waals surface area contributed by atoms with Gasteiger partial charge >= 0.3 is 0 Å². The first-order chi connectivity index (χ1) is 9.20. The number of ether oxygens (including phenoxy) is 1. The van der Waals surface area contributed by atoms with Crippen LogP contribution in [0.25, 0.3) is 0 Å². The smallest absolute Gasteiger partial charge is 0.236 e. The molecule has 0 aliphatic carbocycles. The van der Waals surface area contributed by atoms with E-state index in [4.69, 9.17) is 4.74 Å². The molecule has 2 rings (SSSR count). The Hall–Kier alpha value is -2.02. The lowest BCUT2D eigenvalue weighted by Crippen LogP contribution is -2.19. The summed E-state index contributed by atoms with van der Waals surface area (Å²) in [5.74, 6) is 0.707. The van der Waals surface area contributed by atoms with Gasteiger partial charge in [-0.25, -0.2) is 0 Å². The summed E-state index contributed by atoms with van der Waals surface area (Å²) in [7, 11) is 0. The molecule has 0 atom stereocenters. The van der Waals surface area contributed by atoms with E-state index in [1.54, 1.807) is 18.2 Å². The van der Waals surface area contributed by atoms with Gasteiger partial charge in [-0.3, -0.25) is 4.79 Å². The van der Waals surface area contributed by atoms with Crippen molar-refractivity contribution in [2.45, 2.75) is 6.92 Å². The maximum atomic E-state index is 10.9. The van der Waals surface area contributed by atoms with Crippen molar-refractivity contribution in [3.8, 4) is 11.5 Å². The van der Waals surface area contributed by atoms with Gasteiger partial charge in [-0.05, 0) is 19.1 Å². The molecule has 0 spiro atoms. The molecule has 0 saturated carbocycles. The van der Waals surface area contributed by atoms with E-state index in [9.17, 15) is 9.90 Å². The number of rotatable bonds is 4. The summed E-state index contributed by atoms with van der Waals surface area (Å²) in [5.41, 5.74) is 0.504. The number of phenols is 1. The zero-order valence-electron chi connectivity index (χ0n) is 10.3. The highest BCUT2D eigenvalue weighted by molar-refractivity contribution is 8.15. The molecule has 2 N–H and O–H groups in total. The molecule has 19 heavy (non-hydrogen) atoms. The van der Waals surface area contributed by atoms with Gasteiger partial charge in [0.25, 0.3) is 0 Å². The van der Waals surface area contributed by atoms with Gasteiger partial charge in [0.05, 0.1) is 18.6 Å². The molecule has 1 saturated heterocycles. The zero-order chi connectivity index (χ0) is 13.7. The van der Waals surface area contributed by atoms with Gasteiger partial charge in [-0.2, -0.15) is 5.10 Å². The highest BCUT2D eigenvalue weighted by Crippen LogP contribution is 2.28. The van der Waals surface area contributed by atoms with Crippen molar-refractivity contribution in [2.24, 2.45) is 10.2 Å². The molecule has 1 aromatic carbocycles. The van der Waals surface area contributed by atoms with Crippen molar-refractivity contribution in [1.29, 1.82) is 0 Å². The molecule has 0 aromatic heterocycles. The highest BCUT2D eigenvalue weighted by atomic mass is 32.2. The molecule has 1 aliphatic heterocycles. The second kappa shape index (κ2) is 6.24. The summed E-state index contributed by atoms with van der Waals surface area (Å²) in [6, 6.07) is 5.13. The fourth-order valence-electron chi connectivity index (χ4n) is 1.44. The molecular weight excluding hydrogens is 266 g/mol. The summed E-state index contributed by atoms with van der Waals surface area (Å²) < 4.78 is 5.26. The summed E-state index contributed by atoms with van der Waals surface area (Å²) in [6.07, 6.45) is 1.41. The molecule has 100 valence electrons. The van der Waals surface area contributed by atoms with Crippen molar-refractivity contribution in [1.82, 2.24) is 5.32 Å². The maximum absolute atomic E-state index is 10.9. The van der Waals surface area contributed by atoms with Gasteiger partial charge in [0, 0.05) is 5.56 Å². The number of nitrogens with one attached hydrogen (secondary N) is 1. The monoisotopic (exact) mass is 279 g/mol. The van der Waals surface area contributed by atoms with E-state index in [1.165, 1.54) is 18.0 Å². The van der Waals surface area contributed by atoms with Gasteiger partial charge in [0.1, 0.15) is 0 Å². The van der Waals surface area contributed by atoms with Crippen LogP contribution >= 0.6 is 11.8 Å². The first-order valence-corrected chi connectivity index (χ1v) is 6.67. The van der Waals surface area contributed by atoms with Crippen LogP contribution in [0.15, 0.2) is 28.4 Å². The van der Waals surface area contributed by atoms with Gasteiger partial charge in [-0.15, -0.1) is 5.10 Å². The average molecular weight is 279 g/mol. The van der Waals surface area contributed by atoms with E-state index >= 15 is 0 Å². The number of phenolic OH excluding ortho intramolecular Hbond substituents is 1. The number of amidine groups is 1. The molecule has 6 nitrogen and oxygen atoms in total. The summed E-state index contributed by atoms with van der Waals surface area (Å²) in [6.45, 7) is 2.31. The molecular formula is C12H13N3O3S. The standard InChI is InChI=1S/C12H13N3O3S/c1-2-18-9-5-3-4-8(11(9)17)6-13-15-12-14-10(16)7-19-12/h3-6,17H,2,7H2,1H3,(H,14,15,16). The Balaban J connectivity index is 2.10. The third kappa shape index (κ3) is 3.47. The van der Waals surface area contributed by atoms with E-state index in [0.29, 0.717) is 28.8 Å². The topological polar surface area (TPSA) is 83.3 Å². The predicted octanol–water partition coefficient (Wildman–Crippen LogP) is 1.34.